The number of hydrogen-bond donors (Lipinski definition) is 0. The molecule has 0 N–H and O–H groups in total. The number of hydrogen-bond acceptors (Lipinski definition) is 3. The van der Waals surface area contributed by atoms with Gasteiger partial charge in [-0.1, -0.05) is 20.8 Å². The van der Waals surface area contributed by atoms with E-state index in [4.69, 9.17) is 9.47 Å². The Morgan fingerprint density at radius 3 is 2.40 bits per heavy atom. The van der Waals surface area contributed by atoms with Gasteiger partial charge in [-0.05, 0) is 55.3 Å². The van der Waals surface area contributed by atoms with Gasteiger partial charge in [0, 0.05) is 6.92 Å². The Labute approximate surface area is 153 Å². The summed E-state index contributed by atoms with van der Waals surface area (Å²) >= 11 is 0. The summed E-state index contributed by atoms with van der Waals surface area (Å²) in [6.45, 7) is 12.6. The maximum Gasteiger partial charge on any atom is 0.303 e. The van der Waals surface area contributed by atoms with Crippen LogP contribution in [-0.2, 0) is 14.3 Å². The fourth-order valence-electron chi connectivity index (χ4n) is 5.91. The number of esters is 1. The summed E-state index contributed by atoms with van der Waals surface area (Å²) in [5.41, 5.74) is 0.627. The molecule has 3 rings (SSSR count). The molecule has 2 aliphatic carbocycles. The Morgan fingerprint density at radius 1 is 1.20 bits per heavy atom. The van der Waals surface area contributed by atoms with Gasteiger partial charge in [0.2, 0.25) is 0 Å². The summed E-state index contributed by atoms with van der Waals surface area (Å²) < 4.78 is 13.1. The molecule has 1 aliphatic heterocycles. The quantitative estimate of drug-likeness (QED) is 0.539. The summed E-state index contributed by atoms with van der Waals surface area (Å²) in [7, 11) is 2.30. The Hall–Kier alpha value is -0.610. The molecular formula is C21H38NO3+. The lowest BCUT2D eigenvalue weighted by molar-refractivity contribution is -0.916. The first-order valence-corrected chi connectivity index (χ1v) is 10.3. The summed E-state index contributed by atoms with van der Waals surface area (Å²) in [5.74, 6) is 0.595. The highest BCUT2D eigenvalue weighted by Gasteiger charge is 2.62. The minimum atomic E-state index is -0.184. The molecule has 0 amide bonds. The highest BCUT2D eigenvalue weighted by atomic mass is 16.6. The third-order valence-electron chi connectivity index (χ3n) is 8.07. The molecule has 144 valence electrons. The number of quaternary nitrogens is 1. The monoisotopic (exact) mass is 352 g/mol. The minimum Gasteiger partial charge on any atom is -0.454 e. The maximum absolute atomic E-state index is 11.6. The van der Waals surface area contributed by atoms with Gasteiger partial charge in [-0.3, -0.25) is 4.79 Å². The molecule has 0 aromatic carbocycles. The normalized spacial score (nSPS) is 37.0. The molecule has 0 radical (unpaired) electrons. The minimum absolute atomic E-state index is 0.119. The van der Waals surface area contributed by atoms with Gasteiger partial charge in [-0.15, -0.1) is 0 Å². The SMILES string of the molecule is CC(=O)O[C@H](CO[C@@H]1C[C@@H]2CC[C@@]1(C)C2(C)C)C[N+]1(C)CCCCC1. The van der Waals surface area contributed by atoms with E-state index in [1.807, 2.05) is 0 Å². The number of rotatable bonds is 6. The van der Waals surface area contributed by atoms with Crippen molar-refractivity contribution in [2.75, 3.05) is 33.3 Å². The van der Waals surface area contributed by atoms with E-state index in [0.717, 1.165) is 16.9 Å². The van der Waals surface area contributed by atoms with Crippen molar-refractivity contribution < 1.29 is 18.8 Å². The Balaban J connectivity index is 1.61. The van der Waals surface area contributed by atoms with E-state index in [9.17, 15) is 4.79 Å². The average Bonchev–Trinajstić information content (AvgIpc) is 2.85. The zero-order valence-corrected chi connectivity index (χ0v) is 17.0. The highest BCUT2D eigenvalue weighted by Crippen LogP contribution is 2.66. The van der Waals surface area contributed by atoms with Gasteiger partial charge in [-0.25, -0.2) is 0 Å². The summed E-state index contributed by atoms with van der Waals surface area (Å²) in [4.78, 5) is 11.6. The molecule has 2 saturated carbocycles. The van der Waals surface area contributed by atoms with Crippen molar-refractivity contribution in [2.24, 2.45) is 16.7 Å². The molecule has 4 nitrogen and oxygen atoms in total. The number of carbonyl (C=O) groups excluding carboxylic acids is 1. The van der Waals surface area contributed by atoms with Crippen molar-refractivity contribution in [3.05, 3.63) is 0 Å². The van der Waals surface area contributed by atoms with E-state index in [1.54, 1.807) is 0 Å². The van der Waals surface area contributed by atoms with Crippen LogP contribution in [0.3, 0.4) is 0 Å². The first-order chi connectivity index (χ1) is 11.7. The van der Waals surface area contributed by atoms with Gasteiger partial charge in [0.1, 0.15) is 6.54 Å². The summed E-state index contributed by atoms with van der Waals surface area (Å²) in [6.07, 6.45) is 7.86. The van der Waals surface area contributed by atoms with Crippen LogP contribution in [0.4, 0.5) is 0 Å². The predicted octanol–water partition coefficient (Wildman–Crippen LogP) is 3.78. The first kappa shape index (κ1) is 19.2. The van der Waals surface area contributed by atoms with E-state index in [0.29, 0.717) is 18.1 Å². The van der Waals surface area contributed by atoms with Crippen LogP contribution >= 0.6 is 0 Å². The van der Waals surface area contributed by atoms with Crippen molar-refractivity contribution in [3.8, 4) is 0 Å². The summed E-state index contributed by atoms with van der Waals surface area (Å²) in [6, 6.07) is 0. The largest absolute Gasteiger partial charge is 0.454 e. The van der Waals surface area contributed by atoms with Crippen LogP contribution in [0.25, 0.3) is 0 Å². The van der Waals surface area contributed by atoms with E-state index in [-0.39, 0.29) is 17.5 Å². The molecular weight excluding hydrogens is 314 g/mol. The zero-order chi connectivity index (χ0) is 18.3. The first-order valence-electron chi connectivity index (χ1n) is 10.3. The van der Waals surface area contributed by atoms with Crippen molar-refractivity contribution in [2.45, 2.75) is 78.4 Å². The standard InChI is InChI=1S/C21H38NO3/c1-16(23)25-18(14-22(5)11-7-6-8-12-22)15-24-19-13-17-9-10-21(19,4)20(17,2)3/h17-19H,6-15H2,1-5H3/q+1/t17-,18-,19+,21+/m0/s1. The lowest BCUT2D eigenvalue weighted by atomic mass is 9.70. The van der Waals surface area contributed by atoms with Crippen LogP contribution < -0.4 is 0 Å². The number of nitrogens with zero attached hydrogens (tertiary/aromatic N) is 1. The molecule has 0 unspecified atom stereocenters. The number of likely N-dealkylation sites (tertiary alicyclic amines) is 1. The third kappa shape index (κ3) is 3.62. The molecule has 25 heavy (non-hydrogen) atoms. The lowest BCUT2D eigenvalue weighted by Crippen LogP contribution is -2.53. The van der Waals surface area contributed by atoms with Crippen LogP contribution in [0, 0.1) is 16.7 Å². The second-order valence-corrected chi connectivity index (χ2v) is 9.97. The predicted molar refractivity (Wildman–Crippen MR) is 99.2 cm³/mol. The van der Waals surface area contributed by atoms with Gasteiger partial charge in [0.25, 0.3) is 0 Å². The fraction of sp³-hybridized carbons (Fsp3) is 0.952. The number of likely N-dealkylation sites (N-methyl/N-ethyl adjacent to an activating group) is 1. The van der Waals surface area contributed by atoms with E-state index in [1.165, 1.54) is 58.5 Å². The Kier molecular flexibility index (Phi) is 5.25. The van der Waals surface area contributed by atoms with Gasteiger partial charge in [0.15, 0.2) is 6.10 Å². The van der Waals surface area contributed by atoms with Crippen molar-refractivity contribution >= 4 is 5.97 Å². The van der Waals surface area contributed by atoms with E-state index >= 15 is 0 Å². The highest BCUT2D eigenvalue weighted by molar-refractivity contribution is 5.66. The number of ether oxygens (including phenoxy) is 2. The lowest BCUT2D eigenvalue weighted by Gasteiger charge is -2.41. The van der Waals surface area contributed by atoms with E-state index < -0.39 is 0 Å². The fourth-order valence-corrected chi connectivity index (χ4v) is 5.91. The molecule has 1 heterocycles. The number of carbonyl (C=O) groups is 1. The van der Waals surface area contributed by atoms with Crippen LogP contribution in [0.15, 0.2) is 0 Å². The van der Waals surface area contributed by atoms with Gasteiger partial charge < -0.3 is 14.0 Å². The molecule has 4 atom stereocenters. The summed E-state index contributed by atoms with van der Waals surface area (Å²) in [5, 5.41) is 0. The van der Waals surface area contributed by atoms with Crippen LogP contribution in [0.5, 0.6) is 0 Å². The van der Waals surface area contributed by atoms with Gasteiger partial charge >= 0.3 is 5.97 Å². The van der Waals surface area contributed by atoms with Crippen LogP contribution in [-0.4, -0.2) is 55.9 Å². The van der Waals surface area contributed by atoms with Gasteiger partial charge in [0.05, 0.1) is 32.8 Å². The number of fused-ring (bicyclic) bond motifs is 2. The third-order valence-corrected chi connectivity index (χ3v) is 8.07. The molecule has 0 aromatic heterocycles. The van der Waals surface area contributed by atoms with Crippen molar-refractivity contribution in [3.63, 3.8) is 0 Å². The topological polar surface area (TPSA) is 35.5 Å². The Bertz CT molecular complexity index is 497. The van der Waals surface area contributed by atoms with Crippen molar-refractivity contribution in [1.29, 1.82) is 0 Å². The molecule has 3 fully saturated rings. The molecule has 4 heteroatoms. The molecule has 2 bridgehead atoms. The smallest absolute Gasteiger partial charge is 0.303 e. The maximum atomic E-state index is 11.6. The number of piperidine rings is 1. The molecule has 3 aliphatic rings. The second-order valence-electron chi connectivity index (χ2n) is 9.97. The zero-order valence-electron chi connectivity index (χ0n) is 17.0. The second kappa shape index (κ2) is 6.84. The van der Waals surface area contributed by atoms with Crippen LogP contribution in [0.1, 0.15) is 66.2 Å². The molecule has 0 spiro atoms. The van der Waals surface area contributed by atoms with Gasteiger partial charge in [-0.2, -0.15) is 0 Å². The van der Waals surface area contributed by atoms with Crippen LogP contribution in [0.2, 0.25) is 0 Å². The van der Waals surface area contributed by atoms with E-state index in [2.05, 4.69) is 27.8 Å². The Morgan fingerprint density at radius 2 is 1.88 bits per heavy atom. The average molecular weight is 353 g/mol. The molecule has 0 aromatic rings. The molecule has 1 saturated heterocycles. The van der Waals surface area contributed by atoms with Crippen molar-refractivity contribution in [1.82, 2.24) is 0 Å².